The Morgan fingerprint density at radius 3 is 2.65 bits per heavy atom. The lowest BCUT2D eigenvalue weighted by molar-refractivity contribution is 0.169. The number of nitrogens with one attached hydrogen (secondary N) is 1. The zero-order valence-electron chi connectivity index (χ0n) is 12.6. The highest BCUT2D eigenvalue weighted by Gasteiger charge is 2.30. The first-order valence-corrected chi connectivity index (χ1v) is 7.64. The van der Waals surface area contributed by atoms with Crippen molar-refractivity contribution in [3.63, 3.8) is 0 Å². The monoisotopic (exact) mass is 281 g/mol. The molecule has 1 fully saturated rings. The minimum atomic E-state index is -0.516. The molecule has 1 aromatic carbocycles. The van der Waals surface area contributed by atoms with Gasteiger partial charge in [-0.25, -0.2) is 8.78 Å². The van der Waals surface area contributed by atoms with Gasteiger partial charge >= 0.3 is 0 Å². The molecular formula is C17H25F2N. The van der Waals surface area contributed by atoms with Crippen LogP contribution < -0.4 is 5.32 Å². The molecule has 0 saturated heterocycles. The molecule has 1 N–H and O–H groups in total. The summed E-state index contributed by atoms with van der Waals surface area (Å²) in [4.78, 5) is 0. The topological polar surface area (TPSA) is 12.0 Å². The molecule has 0 radical (unpaired) electrons. The second-order valence-electron chi connectivity index (χ2n) is 6.55. The molecule has 2 rings (SSSR count). The van der Waals surface area contributed by atoms with Crippen LogP contribution in [0.3, 0.4) is 0 Å². The number of halogens is 2. The summed E-state index contributed by atoms with van der Waals surface area (Å²) in [7, 11) is 0. The van der Waals surface area contributed by atoms with E-state index in [1.807, 2.05) is 0 Å². The second-order valence-corrected chi connectivity index (χ2v) is 6.55. The zero-order valence-corrected chi connectivity index (χ0v) is 12.6. The summed E-state index contributed by atoms with van der Waals surface area (Å²) in [5, 5.41) is 3.50. The van der Waals surface area contributed by atoms with Crippen LogP contribution in [0.1, 0.15) is 45.6 Å². The van der Waals surface area contributed by atoms with Crippen LogP contribution in [-0.2, 0) is 6.54 Å². The molecule has 1 aliphatic carbocycles. The van der Waals surface area contributed by atoms with Crippen LogP contribution in [0.2, 0.25) is 0 Å². The summed E-state index contributed by atoms with van der Waals surface area (Å²) in [6.45, 7) is 7.28. The molecule has 1 aromatic rings. The number of hydrogen-bond donors (Lipinski definition) is 1. The SMILES string of the molecule is CC1CCC(C(C)C)C(NCc2ccc(F)cc2F)C1. The summed E-state index contributed by atoms with van der Waals surface area (Å²) in [6, 6.07) is 4.25. The van der Waals surface area contributed by atoms with Crippen molar-refractivity contribution in [1.29, 1.82) is 0 Å². The molecule has 3 atom stereocenters. The fraction of sp³-hybridized carbons (Fsp3) is 0.647. The van der Waals surface area contributed by atoms with Crippen LogP contribution in [0.5, 0.6) is 0 Å². The molecule has 0 spiro atoms. The number of hydrogen-bond acceptors (Lipinski definition) is 1. The molecule has 0 aliphatic heterocycles. The minimum absolute atomic E-state index is 0.434. The van der Waals surface area contributed by atoms with E-state index in [-0.39, 0.29) is 0 Å². The van der Waals surface area contributed by atoms with Crippen LogP contribution in [0.25, 0.3) is 0 Å². The number of rotatable bonds is 4. The van der Waals surface area contributed by atoms with Gasteiger partial charge in [0.2, 0.25) is 0 Å². The summed E-state index contributed by atoms with van der Waals surface area (Å²) in [5.74, 6) is 1.04. The zero-order chi connectivity index (χ0) is 14.7. The lowest BCUT2D eigenvalue weighted by atomic mass is 9.74. The first kappa shape index (κ1) is 15.4. The maximum Gasteiger partial charge on any atom is 0.130 e. The van der Waals surface area contributed by atoms with E-state index in [2.05, 4.69) is 26.1 Å². The first-order valence-electron chi connectivity index (χ1n) is 7.64. The van der Waals surface area contributed by atoms with Crippen molar-refractivity contribution in [3.8, 4) is 0 Å². The number of benzene rings is 1. The molecule has 0 aromatic heterocycles. The molecule has 1 nitrogen and oxygen atoms in total. The first-order chi connectivity index (χ1) is 9.47. The Hall–Kier alpha value is -0.960. The van der Waals surface area contributed by atoms with Crippen molar-refractivity contribution in [3.05, 3.63) is 35.4 Å². The van der Waals surface area contributed by atoms with Crippen LogP contribution >= 0.6 is 0 Å². The quantitative estimate of drug-likeness (QED) is 0.856. The van der Waals surface area contributed by atoms with E-state index in [1.165, 1.54) is 25.0 Å². The highest BCUT2D eigenvalue weighted by Crippen LogP contribution is 2.33. The van der Waals surface area contributed by atoms with Gasteiger partial charge in [0, 0.05) is 24.2 Å². The molecule has 1 aliphatic rings. The fourth-order valence-electron chi connectivity index (χ4n) is 3.34. The van der Waals surface area contributed by atoms with Gasteiger partial charge in [-0.05, 0) is 36.7 Å². The summed E-state index contributed by atoms with van der Waals surface area (Å²) < 4.78 is 26.6. The molecule has 3 unspecified atom stereocenters. The Morgan fingerprint density at radius 2 is 2.00 bits per heavy atom. The second kappa shape index (κ2) is 6.66. The molecule has 0 amide bonds. The van der Waals surface area contributed by atoms with Crippen LogP contribution in [0.4, 0.5) is 8.78 Å². The standard InChI is InChI=1S/C17H25F2N/c1-11(2)15-7-4-12(3)8-17(15)20-10-13-5-6-14(18)9-16(13)19/h5-6,9,11-12,15,17,20H,4,7-8,10H2,1-3H3. The summed E-state index contributed by atoms with van der Waals surface area (Å²) in [5.41, 5.74) is 0.548. The predicted molar refractivity (Wildman–Crippen MR) is 78.3 cm³/mol. The molecule has 3 heteroatoms. The molecular weight excluding hydrogens is 256 g/mol. The van der Waals surface area contributed by atoms with Gasteiger partial charge in [0.05, 0.1) is 0 Å². The van der Waals surface area contributed by atoms with Crippen molar-refractivity contribution in [2.24, 2.45) is 17.8 Å². The van der Waals surface area contributed by atoms with Crippen molar-refractivity contribution in [1.82, 2.24) is 5.32 Å². The van der Waals surface area contributed by atoms with E-state index in [4.69, 9.17) is 0 Å². The van der Waals surface area contributed by atoms with Crippen molar-refractivity contribution < 1.29 is 8.78 Å². The highest BCUT2D eigenvalue weighted by molar-refractivity contribution is 5.18. The largest absolute Gasteiger partial charge is 0.310 e. The predicted octanol–water partition coefficient (Wildman–Crippen LogP) is 4.52. The molecule has 0 bridgehead atoms. The minimum Gasteiger partial charge on any atom is -0.310 e. The Labute approximate surface area is 120 Å². The van der Waals surface area contributed by atoms with Crippen LogP contribution in [0.15, 0.2) is 18.2 Å². The molecule has 1 saturated carbocycles. The smallest absolute Gasteiger partial charge is 0.130 e. The normalized spacial score (nSPS) is 27.0. The van der Waals surface area contributed by atoms with Gasteiger partial charge in [0.1, 0.15) is 11.6 Å². The van der Waals surface area contributed by atoms with Gasteiger partial charge in [0.25, 0.3) is 0 Å². The molecule has 112 valence electrons. The maximum atomic E-state index is 13.7. The maximum absolute atomic E-state index is 13.7. The third-order valence-corrected chi connectivity index (χ3v) is 4.59. The van der Waals surface area contributed by atoms with E-state index in [0.717, 1.165) is 18.4 Å². The van der Waals surface area contributed by atoms with Crippen LogP contribution in [0, 0.1) is 29.4 Å². The van der Waals surface area contributed by atoms with E-state index < -0.39 is 11.6 Å². The Bertz CT molecular complexity index is 445. The van der Waals surface area contributed by atoms with Crippen molar-refractivity contribution >= 4 is 0 Å². The third kappa shape index (κ3) is 3.78. The fourth-order valence-corrected chi connectivity index (χ4v) is 3.34. The Kier molecular flexibility index (Phi) is 5.14. The average Bonchev–Trinajstić information content (AvgIpc) is 2.37. The Morgan fingerprint density at radius 1 is 1.25 bits per heavy atom. The van der Waals surface area contributed by atoms with Gasteiger partial charge in [0.15, 0.2) is 0 Å². The lowest BCUT2D eigenvalue weighted by Gasteiger charge is -2.38. The molecule has 20 heavy (non-hydrogen) atoms. The van der Waals surface area contributed by atoms with E-state index in [9.17, 15) is 8.78 Å². The average molecular weight is 281 g/mol. The van der Waals surface area contributed by atoms with Gasteiger partial charge in [-0.1, -0.05) is 33.3 Å². The van der Waals surface area contributed by atoms with E-state index in [1.54, 1.807) is 0 Å². The summed E-state index contributed by atoms with van der Waals surface area (Å²) >= 11 is 0. The van der Waals surface area contributed by atoms with Gasteiger partial charge in [-0.15, -0.1) is 0 Å². The highest BCUT2D eigenvalue weighted by atomic mass is 19.1. The van der Waals surface area contributed by atoms with Crippen molar-refractivity contribution in [2.75, 3.05) is 0 Å². The van der Waals surface area contributed by atoms with Crippen LogP contribution in [-0.4, -0.2) is 6.04 Å². The van der Waals surface area contributed by atoms with E-state index >= 15 is 0 Å². The molecule has 0 heterocycles. The lowest BCUT2D eigenvalue weighted by Crippen LogP contribution is -2.42. The Balaban J connectivity index is 2.00. The van der Waals surface area contributed by atoms with Gasteiger partial charge in [-0.2, -0.15) is 0 Å². The van der Waals surface area contributed by atoms with Crippen molar-refractivity contribution in [2.45, 2.75) is 52.6 Å². The third-order valence-electron chi connectivity index (χ3n) is 4.59. The summed E-state index contributed by atoms with van der Waals surface area (Å²) in [6.07, 6.45) is 3.67. The van der Waals surface area contributed by atoms with Gasteiger partial charge in [-0.3, -0.25) is 0 Å². The van der Waals surface area contributed by atoms with Gasteiger partial charge < -0.3 is 5.32 Å². The van der Waals surface area contributed by atoms with E-state index in [0.29, 0.717) is 30.0 Å².